The van der Waals surface area contributed by atoms with E-state index in [1.165, 1.54) is 18.6 Å². The van der Waals surface area contributed by atoms with E-state index in [4.69, 9.17) is 5.73 Å². The summed E-state index contributed by atoms with van der Waals surface area (Å²) in [5.41, 5.74) is 6.07. The van der Waals surface area contributed by atoms with Crippen molar-refractivity contribution < 1.29 is 8.42 Å². The van der Waals surface area contributed by atoms with Crippen LogP contribution in [0.5, 0.6) is 0 Å². The van der Waals surface area contributed by atoms with Gasteiger partial charge < -0.3 is 10.7 Å². The Morgan fingerprint density at radius 3 is 2.89 bits per heavy atom. The summed E-state index contributed by atoms with van der Waals surface area (Å²) in [5.74, 6) is 0.452. The molecule has 5 N–H and O–H groups in total. The van der Waals surface area contributed by atoms with Crippen LogP contribution in [-0.2, 0) is 16.6 Å². The minimum atomic E-state index is -3.60. The van der Waals surface area contributed by atoms with Gasteiger partial charge in [0.05, 0.1) is 10.9 Å². The highest BCUT2D eigenvalue weighted by molar-refractivity contribution is 7.89. The Bertz CT molecular complexity index is 603. The molecule has 0 saturated heterocycles. The first-order chi connectivity index (χ1) is 8.53. The average Bonchev–Trinajstić information content (AvgIpc) is 3.00. The van der Waals surface area contributed by atoms with E-state index in [1.807, 2.05) is 0 Å². The predicted octanol–water partition coefficient (Wildman–Crippen LogP) is -0.369. The van der Waals surface area contributed by atoms with E-state index in [1.54, 1.807) is 6.92 Å². The molecule has 0 aromatic carbocycles. The van der Waals surface area contributed by atoms with Crippen LogP contribution < -0.4 is 10.5 Å². The first-order valence-corrected chi connectivity index (χ1v) is 6.76. The normalized spacial score (nSPS) is 13.7. The highest BCUT2D eigenvalue weighted by atomic mass is 32.2. The van der Waals surface area contributed by atoms with Gasteiger partial charge in [-0.1, -0.05) is 0 Å². The lowest BCUT2D eigenvalue weighted by Gasteiger charge is -2.10. The molecule has 0 radical (unpaired) electrons. The van der Waals surface area contributed by atoms with Gasteiger partial charge in [-0.3, -0.25) is 5.10 Å². The van der Waals surface area contributed by atoms with Crippen LogP contribution in [0.25, 0.3) is 0 Å². The van der Waals surface area contributed by atoms with Crippen molar-refractivity contribution in [2.75, 3.05) is 0 Å². The number of nitrogens with two attached hydrogens (primary N) is 1. The molecule has 18 heavy (non-hydrogen) atoms. The number of rotatable bonds is 5. The molecule has 0 amide bonds. The maximum Gasteiger partial charge on any atom is 0.242 e. The Hall–Kier alpha value is -1.71. The van der Waals surface area contributed by atoms with E-state index in [0.29, 0.717) is 11.5 Å². The molecule has 1 unspecified atom stereocenters. The SMILES string of the molecule is CC(NS(=O)(=O)c1c[nH]c(CN)c1)c1ncn[nH]1. The fraction of sp³-hybridized carbons (Fsp3) is 0.333. The molecule has 2 aromatic heterocycles. The molecule has 0 bridgehead atoms. The van der Waals surface area contributed by atoms with Gasteiger partial charge in [-0.25, -0.2) is 18.1 Å². The monoisotopic (exact) mass is 270 g/mol. The number of sulfonamides is 1. The van der Waals surface area contributed by atoms with Gasteiger partial charge >= 0.3 is 0 Å². The molecular weight excluding hydrogens is 256 g/mol. The molecule has 0 spiro atoms. The number of nitrogens with one attached hydrogen (secondary N) is 3. The number of hydrogen-bond acceptors (Lipinski definition) is 5. The average molecular weight is 270 g/mol. The zero-order valence-electron chi connectivity index (χ0n) is 9.71. The standard InChI is InChI=1S/C9H14N6O2S/c1-6(9-12-5-13-14-9)15-18(16,17)8-2-7(3-10)11-4-8/h2,4-6,11,15H,3,10H2,1H3,(H,12,13,14). The maximum absolute atomic E-state index is 12.0. The summed E-state index contributed by atoms with van der Waals surface area (Å²) >= 11 is 0. The fourth-order valence-corrected chi connectivity index (χ4v) is 2.70. The van der Waals surface area contributed by atoms with Crippen molar-refractivity contribution in [2.45, 2.75) is 24.4 Å². The molecule has 98 valence electrons. The van der Waals surface area contributed by atoms with Crippen LogP contribution in [0.15, 0.2) is 23.5 Å². The van der Waals surface area contributed by atoms with Gasteiger partial charge in [0.2, 0.25) is 10.0 Å². The summed E-state index contributed by atoms with van der Waals surface area (Å²) < 4.78 is 26.6. The number of aromatic amines is 2. The van der Waals surface area contributed by atoms with E-state index in [-0.39, 0.29) is 11.4 Å². The number of hydrogen-bond donors (Lipinski definition) is 4. The Balaban J connectivity index is 2.17. The number of aromatic nitrogens is 4. The zero-order valence-corrected chi connectivity index (χ0v) is 10.5. The second-order valence-electron chi connectivity index (χ2n) is 3.78. The van der Waals surface area contributed by atoms with Gasteiger partial charge in [0.1, 0.15) is 12.2 Å². The summed E-state index contributed by atoms with van der Waals surface area (Å²) in [4.78, 5) is 6.83. The van der Waals surface area contributed by atoms with Crippen LogP contribution in [-0.4, -0.2) is 28.6 Å². The van der Waals surface area contributed by atoms with Gasteiger partial charge in [0.15, 0.2) is 0 Å². The summed E-state index contributed by atoms with van der Waals surface area (Å²) in [6.07, 6.45) is 2.72. The third-order valence-electron chi connectivity index (χ3n) is 2.42. The second kappa shape index (κ2) is 4.88. The van der Waals surface area contributed by atoms with Crippen molar-refractivity contribution in [2.24, 2.45) is 5.73 Å². The Morgan fingerprint density at radius 2 is 2.33 bits per heavy atom. The lowest BCUT2D eigenvalue weighted by atomic mass is 10.3. The third kappa shape index (κ3) is 2.58. The summed E-state index contributed by atoms with van der Waals surface area (Å²) in [5, 5.41) is 6.28. The molecule has 9 heteroatoms. The molecule has 2 rings (SSSR count). The lowest BCUT2D eigenvalue weighted by Crippen LogP contribution is -2.27. The first-order valence-electron chi connectivity index (χ1n) is 5.28. The van der Waals surface area contributed by atoms with Gasteiger partial charge in [-0.2, -0.15) is 5.10 Å². The number of H-pyrrole nitrogens is 2. The van der Waals surface area contributed by atoms with E-state index in [2.05, 4.69) is 24.9 Å². The van der Waals surface area contributed by atoms with Gasteiger partial charge in [-0.15, -0.1) is 0 Å². The van der Waals surface area contributed by atoms with E-state index in [0.717, 1.165) is 0 Å². The summed E-state index contributed by atoms with van der Waals surface area (Å²) in [6, 6.07) is 1.00. The molecule has 0 aliphatic carbocycles. The van der Waals surface area contributed by atoms with E-state index < -0.39 is 16.1 Å². The molecule has 0 aliphatic rings. The topological polar surface area (TPSA) is 130 Å². The minimum Gasteiger partial charge on any atom is -0.363 e. The van der Waals surface area contributed by atoms with Crippen LogP contribution in [0.3, 0.4) is 0 Å². The summed E-state index contributed by atoms with van der Waals surface area (Å²) in [6.45, 7) is 1.93. The largest absolute Gasteiger partial charge is 0.363 e. The van der Waals surface area contributed by atoms with Gasteiger partial charge in [0, 0.05) is 18.4 Å². The Labute approximate surface area is 104 Å². The lowest BCUT2D eigenvalue weighted by molar-refractivity contribution is 0.560. The van der Waals surface area contributed by atoms with Crippen molar-refractivity contribution in [3.63, 3.8) is 0 Å². The Morgan fingerprint density at radius 1 is 1.56 bits per heavy atom. The van der Waals surface area contributed by atoms with Crippen LogP contribution in [0, 0.1) is 0 Å². The van der Waals surface area contributed by atoms with Crippen molar-refractivity contribution in [3.8, 4) is 0 Å². The summed E-state index contributed by atoms with van der Waals surface area (Å²) in [7, 11) is -3.60. The van der Waals surface area contributed by atoms with Crippen molar-refractivity contribution >= 4 is 10.0 Å². The highest BCUT2D eigenvalue weighted by Crippen LogP contribution is 2.14. The molecule has 0 saturated carbocycles. The maximum atomic E-state index is 12.0. The van der Waals surface area contributed by atoms with Crippen LogP contribution in [0.4, 0.5) is 0 Å². The molecule has 1 atom stereocenters. The van der Waals surface area contributed by atoms with E-state index in [9.17, 15) is 8.42 Å². The van der Waals surface area contributed by atoms with Crippen LogP contribution >= 0.6 is 0 Å². The molecule has 0 fully saturated rings. The molecular formula is C9H14N6O2S. The second-order valence-corrected chi connectivity index (χ2v) is 5.49. The predicted molar refractivity (Wildman–Crippen MR) is 63.8 cm³/mol. The third-order valence-corrected chi connectivity index (χ3v) is 3.94. The molecule has 2 heterocycles. The van der Waals surface area contributed by atoms with E-state index >= 15 is 0 Å². The minimum absolute atomic E-state index is 0.148. The van der Waals surface area contributed by atoms with Crippen LogP contribution in [0.1, 0.15) is 24.5 Å². The van der Waals surface area contributed by atoms with Gasteiger partial charge in [-0.05, 0) is 13.0 Å². The quantitative estimate of drug-likeness (QED) is 0.589. The molecule has 2 aromatic rings. The highest BCUT2D eigenvalue weighted by Gasteiger charge is 2.20. The fourth-order valence-electron chi connectivity index (χ4n) is 1.47. The zero-order chi connectivity index (χ0) is 13.2. The Kier molecular flexibility index (Phi) is 3.45. The van der Waals surface area contributed by atoms with Crippen molar-refractivity contribution in [1.82, 2.24) is 24.9 Å². The number of nitrogens with zero attached hydrogens (tertiary/aromatic N) is 2. The van der Waals surface area contributed by atoms with Crippen LogP contribution in [0.2, 0.25) is 0 Å². The molecule has 8 nitrogen and oxygen atoms in total. The first kappa shape index (κ1) is 12.7. The smallest absolute Gasteiger partial charge is 0.242 e. The van der Waals surface area contributed by atoms with Gasteiger partial charge in [0.25, 0.3) is 0 Å². The van der Waals surface area contributed by atoms with Crippen molar-refractivity contribution in [3.05, 3.63) is 30.1 Å². The molecule has 0 aliphatic heterocycles. The van der Waals surface area contributed by atoms with Crippen molar-refractivity contribution in [1.29, 1.82) is 0 Å².